The zero-order valence-electron chi connectivity index (χ0n) is 12.0. The van der Waals surface area contributed by atoms with Crippen molar-refractivity contribution in [3.8, 4) is 5.75 Å². The molecule has 0 aromatic heterocycles. The minimum absolute atomic E-state index is 0.0789. The highest BCUT2D eigenvalue weighted by Gasteiger charge is 2.23. The van der Waals surface area contributed by atoms with Crippen molar-refractivity contribution in [1.82, 2.24) is 4.90 Å². The van der Waals surface area contributed by atoms with Gasteiger partial charge in [-0.15, -0.1) is 0 Å². The van der Waals surface area contributed by atoms with E-state index in [2.05, 4.69) is 28.9 Å². The van der Waals surface area contributed by atoms with Crippen LogP contribution in [0.4, 0.5) is 0 Å². The predicted octanol–water partition coefficient (Wildman–Crippen LogP) is 3.85. The minimum Gasteiger partial charge on any atom is -0.484 e. The number of fused-ring (bicyclic) bond motifs is 1. The van der Waals surface area contributed by atoms with Gasteiger partial charge in [0.05, 0.1) is 0 Å². The second-order valence-electron chi connectivity index (χ2n) is 5.68. The van der Waals surface area contributed by atoms with E-state index >= 15 is 0 Å². The zero-order valence-corrected chi connectivity index (χ0v) is 13.6. The number of benzene rings is 2. The van der Waals surface area contributed by atoms with Gasteiger partial charge in [-0.25, -0.2) is 0 Å². The molecule has 1 atom stereocenters. The van der Waals surface area contributed by atoms with E-state index in [0.29, 0.717) is 5.92 Å². The lowest BCUT2D eigenvalue weighted by Gasteiger charge is -2.16. The molecule has 1 aliphatic rings. The minimum atomic E-state index is 0.0789. The highest BCUT2D eigenvalue weighted by atomic mass is 79.9. The molecular weight excluding hydrogens is 330 g/mol. The molecule has 110 valence electrons. The number of rotatable bonds is 3. The fourth-order valence-electron chi connectivity index (χ4n) is 2.68. The highest BCUT2D eigenvalue weighted by Crippen LogP contribution is 2.24. The molecule has 3 nitrogen and oxygen atoms in total. The molecule has 3 rings (SSSR count). The van der Waals surface area contributed by atoms with Gasteiger partial charge in [-0.2, -0.15) is 0 Å². The molecule has 2 aromatic carbocycles. The van der Waals surface area contributed by atoms with Gasteiger partial charge in [-0.1, -0.05) is 35.0 Å². The number of hydrogen-bond acceptors (Lipinski definition) is 2. The van der Waals surface area contributed by atoms with Crippen molar-refractivity contribution in [3.05, 3.63) is 40.9 Å². The van der Waals surface area contributed by atoms with Crippen LogP contribution in [0.25, 0.3) is 10.8 Å². The molecule has 0 N–H and O–H groups in total. The van der Waals surface area contributed by atoms with Crippen molar-refractivity contribution in [1.29, 1.82) is 0 Å². The average molecular weight is 348 g/mol. The molecule has 1 aliphatic heterocycles. The first-order valence-corrected chi connectivity index (χ1v) is 8.01. The summed E-state index contributed by atoms with van der Waals surface area (Å²) >= 11 is 3.46. The Labute approximate surface area is 133 Å². The average Bonchev–Trinajstić information content (AvgIpc) is 2.91. The normalized spacial score (nSPS) is 18.2. The van der Waals surface area contributed by atoms with Crippen LogP contribution in [0, 0.1) is 5.92 Å². The van der Waals surface area contributed by atoms with Crippen LogP contribution in [-0.2, 0) is 4.79 Å². The molecule has 0 spiro atoms. The fraction of sp³-hybridized carbons (Fsp3) is 0.353. The first kappa shape index (κ1) is 14.4. The molecule has 1 amide bonds. The summed E-state index contributed by atoms with van der Waals surface area (Å²) in [6, 6.07) is 12.0. The maximum Gasteiger partial charge on any atom is 0.260 e. The van der Waals surface area contributed by atoms with Gasteiger partial charge < -0.3 is 9.64 Å². The molecule has 1 unspecified atom stereocenters. The quantitative estimate of drug-likeness (QED) is 0.843. The van der Waals surface area contributed by atoms with E-state index in [4.69, 9.17) is 4.74 Å². The molecular formula is C17H18BrNO2. The smallest absolute Gasteiger partial charge is 0.260 e. The van der Waals surface area contributed by atoms with Gasteiger partial charge in [-0.05, 0) is 47.4 Å². The summed E-state index contributed by atoms with van der Waals surface area (Å²) in [7, 11) is 0. The van der Waals surface area contributed by atoms with E-state index in [1.165, 1.54) is 0 Å². The third-order valence-corrected chi connectivity index (χ3v) is 4.41. The van der Waals surface area contributed by atoms with Crippen molar-refractivity contribution >= 4 is 32.6 Å². The molecule has 1 heterocycles. The van der Waals surface area contributed by atoms with Crippen LogP contribution in [0.15, 0.2) is 40.9 Å². The van der Waals surface area contributed by atoms with Gasteiger partial charge in [0, 0.05) is 17.6 Å². The lowest BCUT2D eigenvalue weighted by atomic mass is 10.1. The van der Waals surface area contributed by atoms with E-state index in [1.54, 1.807) is 0 Å². The second kappa shape index (κ2) is 6.06. The van der Waals surface area contributed by atoms with Crippen LogP contribution in [0.2, 0.25) is 0 Å². The Morgan fingerprint density at radius 1 is 1.29 bits per heavy atom. The maximum absolute atomic E-state index is 12.1. The number of likely N-dealkylation sites (tertiary alicyclic amines) is 1. The lowest BCUT2D eigenvalue weighted by Crippen LogP contribution is -2.32. The van der Waals surface area contributed by atoms with Crippen molar-refractivity contribution in [2.75, 3.05) is 19.7 Å². The first-order chi connectivity index (χ1) is 10.1. The molecule has 1 saturated heterocycles. The van der Waals surface area contributed by atoms with Gasteiger partial charge in [0.25, 0.3) is 5.91 Å². The van der Waals surface area contributed by atoms with E-state index in [-0.39, 0.29) is 12.5 Å². The fourth-order valence-corrected chi connectivity index (χ4v) is 3.06. The van der Waals surface area contributed by atoms with Gasteiger partial charge in [0.15, 0.2) is 6.61 Å². The zero-order chi connectivity index (χ0) is 14.8. The Balaban J connectivity index is 1.65. The number of carbonyl (C=O) groups excluding carboxylic acids is 1. The standard InChI is InChI=1S/C17H18BrNO2/c1-12-6-7-19(10-12)17(20)11-21-16-5-3-13-8-15(18)4-2-14(13)9-16/h2-5,8-9,12H,6-7,10-11H2,1H3. The van der Waals surface area contributed by atoms with Gasteiger partial charge >= 0.3 is 0 Å². The van der Waals surface area contributed by atoms with Crippen LogP contribution in [0.3, 0.4) is 0 Å². The summed E-state index contributed by atoms with van der Waals surface area (Å²) < 4.78 is 6.71. The molecule has 21 heavy (non-hydrogen) atoms. The lowest BCUT2D eigenvalue weighted by molar-refractivity contribution is -0.132. The summed E-state index contributed by atoms with van der Waals surface area (Å²) in [6.07, 6.45) is 1.09. The number of amides is 1. The summed E-state index contributed by atoms with van der Waals surface area (Å²) in [5.41, 5.74) is 0. The number of ether oxygens (including phenoxy) is 1. The SMILES string of the molecule is CC1CCN(C(=O)COc2ccc3cc(Br)ccc3c2)C1. The highest BCUT2D eigenvalue weighted by molar-refractivity contribution is 9.10. The Kier molecular flexibility index (Phi) is 4.15. The summed E-state index contributed by atoms with van der Waals surface area (Å²) in [5, 5.41) is 2.26. The van der Waals surface area contributed by atoms with E-state index < -0.39 is 0 Å². The first-order valence-electron chi connectivity index (χ1n) is 7.22. The molecule has 0 radical (unpaired) electrons. The van der Waals surface area contributed by atoms with Crippen molar-refractivity contribution in [2.24, 2.45) is 5.92 Å². The van der Waals surface area contributed by atoms with Crippen LogP contribution >= 0.6 is 15.9 Å². The van der Waals surface area contributed by atoms with E-state index in [0.717, 1.165) is 40.5 Å². The van der Waals surface area contributed by atoms with Crippen LogP contribution in [0.5, 0.6) is 5.75 Å². The van der Waals surface area contributed by atoms with Crippen LogP contribution < -0.4 is 4.74 Å². The van der Waals surface area contributed by atoms with Crippen molar-refractivity contribution in [3.63, 3.8) is 0 Å². The van der Waals surface area contributed by atoms with Gasteiger partial charge in [0.1, 0.15) is 5.75 Å². The number of nitrogens with zero attached hydrogens (tertiary/aromatic N) is 1. The molecule has 0 aliphatic carbocycles. The second-order valence-corrected chi connectivity index (χ2v) is 6.59. The Hall–Kier alpha value is -1.55. The summed E-state index contributed by atoms with van der Waals surface area (Å²) in [4.78, 5) is 14.0. The maximum atomic E-state index is 12.1. The molecule has 2 aromatic rings. The van der Waals surface area contributed by atoms with Crippen LogP contribution in [-0.4, -0.2) is 30.5 Å². The topological polar surface area (TPSA) is 29.5 Å². The van der Waals surface area contributed by atoms with E-state index in [1.807, 2.05) is 35.2 Å². The predicted molar refractivity (Wildman–Crippen MR) is 87.5 cm³/mol. The number of halogens is 1. The number of hydrogen-bond donors (Lipinski definition) is 0. The van der Waals surface area contributed by atoms with Crippen molar-refractivity contribution < 1.29 is 9.53 Å². The van der Waals surface area contributed by atoms with E-state index in [9.17, 15) is 4.79 Å². The Morgan fingerprint density at radius 3 is 2.81 bits per heavy atom. The summed E-state index contributed by atoms with van der Waals surface area (Å²) in [5.74, 6) is 1.42. The molecule has 4 heteroatoms. The third-order valence-electron chi connectivity index (χ3n) is 3.91. The largest absolute Gasteiger partial charge is 0.484 e. The van der Waals surface area contributed by atoms with Gasteiger partial charge in [0.2, 0.25) is 0 Å². The van der Waals surface area contributed by atoms with Crippen LogP contribution in [0.1, 0.15) is 13.3 Å². The third kappa shape index (κ3) is 3.38. The Morgan fingerprint density at radius 2 is 2.05 bits per heavy atom. The molecule has 0 saturated carbocycles. The molecule has 1 fully saturated rings. The van der Waals surface area contributed by atoms with Gasteiger partial charge in [-0.3, -0.25) is 4.79 Å². The number of carbonyl (C=O) groups is 1. The molecule has 0 bridgehead atoms. The Bertz CT molecular complexity index is 671. The van der Waals surface area contributed by atoms with Crippen molar-refractivity contribution in [2.45, 2.75) is 13.3 Å². The summed E-state index contributed by atoms with van der Waals surface area (Å²) in [6.45, 7) is 4.01. The monoisotopic (exact) mass is 347 g/mol.